The molecule has 0 saturated carbocycles. The van der Waals surface area contributed by atoms with E-state index >= 15 is 0 Å². The van der Waals surface area contributed by atoms with Crippen molar-refractivity contribution in [2.24, 2.45) is 5.92 Å². The highest BCUT2D eigenvalue weighted by molar-refractivity contribution is 7.22. The Bertz CT molecular complexity index is 1250. The molecule has 4 rings (SSSR count). The molecule has 0 spiro atoms. The molecule has 0 bridgehead atoms. The zero-order chi connectivity index (χ0) is 22.8. The standard InChI is InChI=1S/C20H20ClFN6O3S/c1-23-18(30)11-3-2-6-27(8-11)20-26-17-16(32-20)19(31)28(10-24-17)9-15(29)25-12-4-5-14(22)13(21)7-12/h4-5,7,10-11H,2-3,6,8-9H2,1H3,(H,23,30)(H,25,29)/t11-/m1/s1. The smallest absolute Gasteiger partial charge is 0.273 e. The SMILES string of the molecule is CNC(=O)[C@@H]1CCCN(c2nc3ncn(CC(=O)Nc4ccc(F)c(Cl)c4)c(=O)c3s2)C1. The number of anilines is 2. The van der Waals surface area contributed by atoms with E-state index in [0.717, 1.165) is 25.5 Å². The lowest BCUT2D eigenvalue weighted by atomic mass is 9.98. The maximum absolute atomic E-state index is 13.3. The van der Waals surface area contributed by atoms with E-state index in [2.05, 4.69) is 20.6 Å². The molecule has 2 amide bonds. The Morgan fingerprint density at radius 2 is 2.19 bits per heavy atom. The molecule has 168 valence electrons. The Morgan fingerprint density at radius 1 is 1.38 bits per heavy atom. The molecular weight excluding hydrogens is 459 g/mol. The summed E-state index contributed by atoms with van der Waals surface area (Å²) in [4.78, 5) is 47.9. The maximum Gasteiger partial charge on any atom is 0.273 e. The number of amides is 2. The number of hydrogen-bond acceptors (Lipinski definition) is 7. The topological polar surface area (TPSA) is 109 Å². The number of nitrogens with one attached hydrogen (secondary N) is 2. The average molecular weight is 479 g/mol. The lowest BCUT2D eigenvalue weighted by Crippen LogP contribution is -2.42. The number of hydrogen-bond donors (Lipinski definition) is 2. The minimum atomic E-state index is -0.591. The predicted octanol–water partition coefficient (Wildman–Crippen LogP) is 2.25. The van der Waals surface area contributed by atoms with Crippen molar-refractivity contribution in [3.8, 4) is 0 Å². The van der Waals surface area contributed by atoms with Crippen molar-refractivity contribution in [3.63, 3.8) is 0 Å². The average Bonchev–Trinajstić information content (AvgIpc) is 3.23. The van der Waals surface area contributed by atoms with Crippen LogP contribution in [0.4, 0.5) is 15.2 Å². The third-order valence-electron chi connectivity index (χ3n) is 5.20. The van der Waals surface area contributed by atoms with Crippen molar-refractivity contribution >= 4 is 55.9 Å². The van der Waals surface area contributed by atoms with Crippen LogP contribution in [-0.2, 0) is 16.1 Å². The Balaban J connectivity index is 1.51. The monoisotopic (exact) mass is 478 g/mol. The number of carbonyl (C=O) groups is 2. The number of nitrogens with zero attached hydrogens (tertiary/aromatic N) is 4. The van der Waals surface area contributed by atoms with Gasteiger partial charge in [-0.3, -0.25) is 19.0 Å². The molecule has 0 unspecified atom stereocenters. The summed E-state index contributed by atoms with van der Waals surface area (Å²) < 4.78 is 14.8. The van der Waals surface area contributed by atoms with Crippen LogP contribution in [0.15, 0.2) is 29.3 Å². The van der Waals surface area contributed by atoms with Gasteiger partial charge < -0.3 is 15.5 Å². The molecule has 1 aromatic carbocycles. The number of rotatable bonds is 5. The summed E-state index contributed by atoms with van der Waals surface area (Å²) in [6.45, 7) is 0.993. The quantitative estimate of drug-likeness (QED) is 0.582. The van der Waals surface area contributed by atoms with Gasteiger partial charge in [0.15, 0.2) is 10.8 Å². The minimum absolute atomic E-state index is 0.00949. The van der Waals surface area contributed by atoms with Gasteiger partial charge in [-0.15, -0.1) is 0 Å². The second kappa shape index (κ2) is 9.21. The van der Waals surface area contributed by atoms with Gasteiger partial charge in [0.2, 0.25) is 11.8 Å². The first-order valence-electron chi connectivity index (χ1n) is 9.93. The predicted molar refractivity (Wildman–Crippen MR) is 121 cm³/mol. The first-order valence-corrected chi connectivity index (χ1v) is 11.1. The van der Waals surface area contributed by atoms with Crippen LogP contribution < -0.4 is 21.1 Å². The highest BCUT2D eigenvalue weighted by Crippen LogP contribution is 2.29. The first-order chi connectivity index (χ1) is 15.4. The van der Waals surface area contributed by atoms with E-state index in [1.54, 1.807) is 7.05 Å². The lowest BCUT2D eigenvalue weighted by Gasteiger charge is -2.31. The Hall–Kier alpha value is -3.05. The van der Waals surface area contributed by atoms with E-state index in [1.165, 1.54) is 34.4 Å². The van der Waals surface area contributed by atoms with Crippen LogP contribution in [0.2, 0.25) is 5.02 Å². The molecule has 1 aliphatic rings. The summed E-state index contributed by atoms with van der Waals surface area (Å²) >= 11 is 6.92. The summed E-state index contributed by atoms with van der Waals surface area (Å²) in [6, 6.07) is 3.81. The third kappa shape index (κ3) is 4.58. The van der Waals surface area contributed by atoms with Gasteiger partial charge in [-0.05, 0) is 31.0 Å². The van der Waals surface area contributed by atoms with Crippen LogP contribution in [0.25, 0.3) is 10.3 Å². The third-order valence-corrected chi connectivity index (χ3v) is 6.58. The van der Waals surface area contributed by atoms with Gasteiger partial charge in [-0.2, -0.15) is 4.98 Å². The molecule has 9 nitrogen and oxygen atoms in total. The summed E-state index contributed by atoms with van der Waals surface area (Å²) in [5.41, 5.74) is 0.240. The van der Waals surface area contributed by atoms with Gasteiger partial charge in [0.1, 0.15) is 23.4 Å². The van der Waals surface area contributed by atoms with Gasteiger partial charge in [-0.25, -0.2) is 9.37 Å². The van der Waals surface area contributed by atoms with E-state index in [9.17, 15) is 18.8 Å². The van der Waals surface area contributed by atoms with Crippen molar-refractivity contribution in [3.05, 3.63) is 45.7 Å². The van der Waals surface area contributed by atoms with Crippen molar-refractivity contribution < 1.29 is 14.0 Å². The lowest BCUT2D eigenvalue weighted by molar-refractivity contribution is -0.124. The van der Waals surface area contributed by atoms with E-state index in [-0.39, 0.29) is 29.0 Å². The van der Waals surface area contributed by atoms with Crippen molar-refractivity contribution in [2.45, 2.75) is 19.4 Å². The number of piperidine rings is 1. The van der Waals surface area contributed by atoms with E-state index < -0.39 is 11.7 Å². The molecule has 1 fully saturated rings. The van der Waals surface area contributed by atoms with Crippen LogP contribution in [0, 0.1) is 11.7 Å². The fraction of sp³-hybridized carbons (Fsp3) is 0.350. The number of carbonyl (C=O) groups excluding carboxylic acids is 2. The van der Waals surface area contributed by atoms with Crippen molar-refractivity contribution in [2.75, 3.05) is 30.4 Å². The molecule has 3 heterocycles. The van der Waals surface area contributed by atoms with Gasteiger partial charge in [0.25, 0.3) is 5.56 Å². The van der Waals surface area contributed by atoms with Crippen molar-refractivity contribution in [1.29, 1.82) is 0 Å². The number of fused-ring (bicyclic) bond motifs is 1. The minimum Gasteiger partial charge on any atom is -0.359 e. The Kier molecular flexibility index (Phi) is 6.38. The second-order valence-electron chi connectivity index (χ2n) is 7.40. The van der Waals surface area contributed by atoms with Crippen LogP contribution in [0.5, 0.6) is 0 Å². The van der Waals surface area contributed by atoms with Crippen LogP contribution in [0.3, 0.4) is 0 Å². The summed E-state index contributed by atoms with van der Waals surface area (Å²) in [7, 11) is 1.62. The van der Waals surface area contributed by atoms with E-state index in [4.69, 9.17) is 11.6 Å². The zero-order valence-corrected chi connectivity index (χ0v) is 18.7. The van der Waals surface area contributed by atoms with E-state index in [1.807, 2.05) is 4.90 Å². The number of aromatic nitrogens is 3. The molecule has 1 atom stereocenters. The normalized spacial score (nSPS) is 16.2. The Morgan fingerprint density at radius 3 is 2.94 bits per heavy atom. The van der Waals surface area contributed by atoms with Gasteiger partial charge in [0, 0.05) is 25.8 Å². The van der Waals surface area contributed by atoms with E-state index in [0.29, 0.717) is 27.7 Å². The highest BCUT2D eigenvalue weighted by Gasteiger charge is 2.27. The number of thiazole rings is 1. The number of benzene rings is 1. The molecule has 12 heteroatoms. The second-order valence-corrected chi connectivity index (χ2v) is 8.79. The summed E-state index contributed by atoms with van der Waals surface area (Å²) in [5, 5.41) is 5.77. The molecule has 0 aliphatic carbocycles. The molecule has 1 saturated heterocycles. The summed E-state index contributed by atoms with van der Waals surface area (Å²) in [6.07, 6.45) is 2.93. The van der Waals surface area contributed by atoms with Gasteiger partial charge in [0.05, 0.1) is 10.9 Å². The van der Waals surface area contributed by atoms with Gasteiger partial charge >= 0.3 is 0 Å². The molecule has 2 N–H and O–H groups in total. The van der Waals surface area contributed by atoms with Crippen LogP contribution >= 0.6 is 22.9 Å². The molecule has 2 aromatic heterocycles. The molecule has 1 aliphatic heterocycles. The Labute approximate surface area is 191 Å². The largest absolute Gasteiger partial charge is 0.359 e. The molecular formula is C20H20ClFN6O3S. The highest BCUT2D eigenvalue weighted by atomic mass is 35.5. The first kappa shape index (κ1) is 22.2. The van der Waals surface area contributed by atoms with Crippen LogP contribution in [-0.4, -0.2) is 46.5 Å². The maximum atomic E-state index is 13.3. The zero-order valence-electron chi connectivity index (χ0n) is 17.1. The number of halogens is 2. The van der Waals surface area contributed by atoms with Crippen molar-refractivity contribution in [1.82, 2.24) is 19.9 Å². The fourth-order valence-electron chi connectivity index (χ4n) is 3.58. The summed E-state index contributed by atoms with van der Waals surface area (Å²) in [5.74, 6) is -1.21. The fourth-order valence-corrected chi connectivity index (χ4v) is 4.77. The molecule has 3 aromatic rings. The molecule has 32 heavy (non-hydrogen) atoms. The van der Waals surface area contributed by atoms with Gasteiger partial charge in [-0.1, -0.05) is 22.9 Å². The molecule has 0 radical (unpaired) electrons. The van der Waals surface area contributed by atoms with Crippen LogP contribution in [0.1, 0.15) is 12.8 Å².